The molecule has 0 saturated carbocycles. The maximum atomic E-state index is 12.3. The van der Waals surface area contributed by atoms with E-state index in [1.165, 1.54) is 0 Å². The first-order valence-corrected chi connectivity index (χ1v) is 7.18. The fourth-order valence-electron chi connectivity index (χ4n) is 2.12. The lowest BCUT2D eigenvalue weighted by Gasteiger charge is -2.09. The summed E-state index contributed by atoms with van der Waals surface area (Å²) in [6.07, 6.45) is 5.37. The number of anilines is 1. The van der Waals surface area contributed by atoms with E-state index in [4.69, 9.17) is 11.6 Å². The second-order valence-electron chi connectivity index (χ2n) is 4.91. The molecule has 110 valence electrons. The van der Waals surface area contributed by atoms with Crippen molar-refractivity contribution in [3.05, 3.63) is 77.2 Å². The second-order valence-corrected chi connectivity index (χ2v) is 5.35. The number of rotatable bonds is 3. The zero-order valence-electron chi connectivity index (χ0n) is 12.0. The van der Waals surface area contributed by atoms with Crippen molar-refractivity contribution in [2.75, 3.05) is 5.32 Å². The van der Waals surface area contributed by atoms with Crippen LogP contribution in [0.5, 0.6) is 0 Å². The normalized spacial score (nSPS) is 10.5. The third kappa shape index (κ3) is 3.02. The Bertz CT molecular complexity index is 795. The number of amides is 1. The van der Waals surface area contributed by atoms with Crippen LogP contribution in [0.25, 0.3) is 5.82 Å². The summed E-state index contributed by atoms with van der Waals surface area (Å²) < 4.78 is 1.88. The summed E-state index contributed by atoms with van der Waals surface area (Å²) in [5.41, 5.74) is 2.16. The largest absolute Gasteiger partial charge is 0.322 e. The Kier molecular flexibility index (Phi) is 3.94. The second kappa shape index (κ2) is 6.03. The highest BCUT2D eigenvalue weighted by Gasteiger charge is 2.09. The number of carbonyl (C=O) groups is 1. The van der Waals surface area contributed by atoms with E-state index in [0.717, 1.165) is 17.1 Å². The average molecular weight is 312 g/mol. The van der Waals surface area contributed by atoms with Gasteiger partial charge in [-0.1, -0.05) is 11.6 Å². The molecule has 0 spiro atoms. The summed E-state index contributed by atoms with van der Waals surface area (Å²) in [7, 11) is 0. The summed E-state index contributed by atoms with van der Waals surface area (Å²) in [5.74, 6) is 0.571. The lowest BCUT2D eigenvalue weighted by atomic mass is 10.2. The third-order valence-electron chi connectivity index (χ3n) is 3.32. The summed E-state index contributed by atoms with van der Waals surface area (Å²) in [6, 6.07) is 12.8. The SMILES string of the molecule is Cc1cc(Cl)ccc1NC(=O)c1ccc(-n2cccc2)nc1. The first-order valence-electron chi connectivity index (χ1n) is 6.80. The Labute approximate surface area is 133 Å². The number of carbonyl (C=O) groups excluding carboxylic acids is 1. The molecule has 5 heteroatoms. The Morgan fingerprint density at radius 1 is 1.18 bits per heavy atom. The van der Waals surface area contributed by atoms with Crippen molar-refractivity contribution in [3.8, 4) is 5.82 Å². The van der Waals surface area contributed by atoms with Gasteiger partial charge in [-0.05, 0) is 55.0 Å². The monoisotopic (exact) mass is 311 g/mol. The fraction of sp³-hybridized carbons (Fsp3) is 0.0588. The molecule has 1 aromatic carbocycles. The van der Waals surface area contributed by atoms with Crippen molar-refractivity contribution < 1.29 is 4.79 Å². The molecule has 3 rings (SSSR count). The molecule has 0 unspecified atom stereocenters. The van der Waals surface area contributed by atoms with E-state index in [1.54, 1.807) is 24.4 Å². The molecule has 0 aliphatic carbocycles. The van der Waals surface area contributed by atoms with Crippen LogP contribution in [0, 0.1) is 6.92 Å². The predicted molar refractivity (Wildman–Crippen MR) is 87.7 cm³/mol. The van der Waals surface area contributed by atoms with Crippen molar-refractivity contribution in [2.24, 2.45) is 0 Å². The number of hydrogen-bond donors (Lipinski definition) is 1. The van der Waals surface area contributed by atoms with E-state index in [1.807, 2.05) is 48.1 Å². The van der Waals surface area contributed by atoms with E-state index in [0.29, 0.717) is 10.6 Å². The maximum absolute atomic E-state index is 12.3. The van der Waals surface area contributed by atoms with Crippen molar-refractivity contribution in [1.29, 1.82) is 0 Å². The number of benzene rings is 1. The number of aromatic nitrogens is 2. The predicted octanol–water partition coefficient (Wildman–Crippen LogP) is 4.09. The number of nitrogens with zero attached hydrogens (tertiary/aromatic N) is 2. The Morgan fingerprint density at radius 3 is 2.59 bits per heavy atom. The van der Waals surface area contributed by atoms with Gasteiger partial charge in [0.25, 0.3) is 5.91 Å². The molecule has 0 atom stereocenters. The van der Waals surface area contributed by atoms with Crippen LogP contribution < -0.4 is 5.32 Å². The van der Waals surface area contributed by atoms with Gasteiger partial charge in [0.05, 0.1) is 5.56 Å². The zero-order valence-corrected chi connectivity index (χ0v) is 12.7. The molecule has 0 fully saturated rings. The van der Waals surface area contributed by atoms with Crippen molar-refractivity contribution in [2.45, 2.75) is 6.92 Å². The topological polar surface area (TPSA) is 46.9 Å². The highest BCUT2D eigenvalue weighted by Crippen LogP contribution is 2.20. The van der Waals surface area contributed by atoms with E-state index in [2.05, 4.69) is 10.3 Å². The van der Waals surface area contributed by atoms with Crippen molar-refractivity contribution in [1.82, 2.24) is 9.55 Å². The smallest absolute Gasteiger partial charge is 0.257 e. The van der Waals surface area contributed by atoms with E-state index in [9.17, 15) is 4.79 Å². The minimum absolute atomic E-state index is 0.197. The third-order valence-corrected chi connectivity index (χ3v) is 3.55. The molecular formula is C17H14ClN3O. The van der Waals surface area contributed by atoms with Crippen LogP contribution in [0.2, 0.25) is 5.02 Å². The molecule has 2 heterocycles. The Balaban J connectivity index is 1.77. The van der Waals surface area contributed by atoms with E-state index in [-0.39, 0.29) is 5.91 Å². The first kappa shape index (κ1) is 14.4. The average Bonchev–Trinajstić information content (AvgIpc) is 3.04. The van der Waals surface area contributed by atoms with Crippen LogP contribution in [0.3, 0.4) is 0 Å². The van der Waals surface area contributed by atoms with Crippen molar-refractivity contribution in [3.63, 3.8) is 0 Å². The van der Waals surface area contributed by atoms with Gasteiger partial charge in [-0.2, -0.15) is 0 Å². The summed E-state index contributed by atoms with van der Waals surface area (Å²) in [6.45, 7) is 1.90. The van der Waals surface area contributed by atoms with Crippen LogP contribution in [0.1, 0.15) is 15.9 Å². The van der Waals surface area contributed by atoms with Gasteiger partial charge in [0.2, 0.25) is 0 Å². The number of aryl methyl sites for hydroxylation is 1. The Hall–Kier alpha value is -2.59. The standard InChI is InChI=1S/C17H14ClN3O/c1-12-10-14(18)5-6-15(12)20-17(22)13-4-7-16(19-11-13)21-8-2-3-9-21/h2-11H,1H3,(H,20,22). The van der Waals surface area contributed by atoms with E-state index < -0.39 is 0 Å². The molecule has 4 nitrogen and oxygen atoms in total. The number of halogens is 1. The molecule has 1 amide bonds. The zero-order chi connectivity index (χ0) is 15.5. The van der Waals surface area contributed by atoms with Crippen LogP contribution in [0.4, 0.5) is 5.69 Å². The van der Waals surface area contributed by atoms with Gasteiger partial charge < -0.3 is 9.88 Å². The number of hydrogen-bond acceptors (Lipinski definition) is 2. The lowest BCUT2D eigenvalue weighted by Crippen LogP contribution is -2.13. The van der Waals surface area contributed by atoms with Crippen LogP contribution >= 0.6 is 11.6 Å². The van der Waals surface area contributed by atoms with Gasteiger partial charge in [-0.3, -0.25) is 4.79 Å². The van der Waals surface area contributed by atoms with Crippen LogP contribution in [-0.2, 0) is 0 Å². The van der Waals surface area contributed by atoms with Crippen LogP contribution in [-0.4, -0.2) is 15.5 Å². The molecule has 0 aliphatic heterocycles. The lowest BCUT2D eigenvalue weighted by molar-refractivity contribution is 0.102. The summed E-state index contributed by atoms with van der Waals surface area (Å²) >= 11 is 5.91. The highest BCUT2D eigenvalue weighted by atomic mass is 35.5. The molecule has 0 bridgehead atoms. The quantitative estimate of drug-likeness (QED) is 0.792. The molecule has 0 saturated heterocycles. The minimum Gasteiger partial charge on any atom is -0.322 e. The molecule has 3 aromatic rings. The number of nitrogens with one attached hydrogen (secondary N) is 1. The van der Waals surface area contributed by atoms with Crippen LogP contribution in [0.15, 0.2) is 61.1 Å². The fourth-order valence-corrected chi connectivity index (χ4v) is 2.35. The maximum Gasteiger partial charge on any atom is 0.257 e. The minimum atomic E-state index is -0.197. The first-order chi connectivity index (χ1) is 10.6. The van der Waals surface area contributed by atoms with Gasteiger partial charge in [0.15, 0.2) is 0 Å². The van der Waals surface area contributed by atoms with Gasteiger partial charge in [0.1, 0.15) is 5.82 Å². The number of pyridine rings is 1. The van der Waals surface area contributed by atoms with Gasteiger partial charge in [0, 0.05) is 29.3 Å². The molecule has 0 radical (unpaired) electrons. The molecule has 2 aromatic heterocycles. The van der Waals surface area contributed by atoms with Gasteiger partial charge in [-0.15, -0.1) is 0 Å². The highest BCUT2D eigenvalue weighted by molar-refractivity contribution is 6.30. The molecule has 22 heavy (non-hydrogen) atoms. The van der Waals surface area contributed by atoms with E-state index >= 15 is 0 Å². The molecule has 1 N–H and O–H groups in total. The Morgan fingerprint density at radius 2 is 1.95 bits per heavy atom. The van der Waals surface area contributed by atoms with Gasteiger partial charge >= 0.3 is 0 Å². The molecular weight excluding hydrogens is 298 g/mol. The van der Waals surface area contributed by atoms with Gasteiger partial charge in [-0.25, -0.2) is 4.98 Å². The van der Waals surface area contributed by atoms with Crippen molar-refractivity contribution >= 4 is 23.2 Å². The summed E-state index contributed by atoms with van der Waals surface area (Å²) in [5, 5.41) is 3.51. The molecule has 0 aliphatic rings. The summed E-state index contributed by atoms with van der Waals surface area (Å²) in [4.78, 5) is 16.6.